The van der Waals surface area contributed by atoms with Gasteiger partial charge in [-0.2, -0.15) is 0 Å². The summed E-state index contributed by atoms with van der Waals surface area (Å²) in [4.78, 5) is 0.159. The maximum Gasteiger partial charge on any atom is 0.264 e. The Morgan fingerprint density at radius 3 is 2.16 bits per heavy atom. The molecule has 0 spiro atoms. The molecule has 3 aromatic carbocycles. The number of aromatic hydroxyl groups is 1. The lowest BCUT2D eigenvalue weighted by Gasteiger charge is -2.37. The Morgan fingerprint density at radius 1 is 0.840 bits per heavy atom. The Morgan fingerprint density at radius 2 is 1.44 bits per heavy atom. The molecule has 3 aromatic rings. The van der Waals surface area contributed by atoms with Crippen LogP contribution in [0.3, 0.4) is 0 Å². The summed E-state index contributed by atoms with van der Waals surface area (Å²) in [6.07, 6.45) is 0. The van der Waals surface area contributed by atoms with Crippen molar-refractivity contribution in [1.82, 2.24) is 0 Å². The summed E-state index contributed by atoms with van der Waals surface area (Å²) in [5, 5.41) is 9.46. The first-order chi connectivity index (χ1) is 12.0. The largest absolute Gasteiger partial charge is 0.508 e. The van der Waals surface area contributed by atoms with E-state index in [4.69, 9.17) is 0 Å². The van der Waals surface area contributed by atoms with E-state index in [0.29, 0.717) is 5.69 Å². The predicted molar refractivity (Wildman–Crippen MR) is 98.1 cm³/mol. The van der Waals surface area contributed by atoms with Crippen LogP contribution in [0, 0.1) is 0 Å². The third-order valence-electron chi connectivity index (χ3n) is 4.59. The lowest BCUT2D eigenvalue weighted by molar-refractivity contribution is 0.474. The fourth-order valence-electron chi connectivity index (χ4n) is 3.40. The van der Waals surface area contributed by atoms with Crippen molar-refractivity contribution in [2.75, 3.05) is 4.31 Å². The highest BCUT2D eigenvalue weighted by atomic mass is 32.2. The van der Waals surface area contributed by atoms with Crippen LogP contribution in [0.25, 0.3) is 11.1 Å². The van der Waals surface area contributed by atoms with Crippen LogP contribution in [0.5, 0.6) is 5.75 Å². The van der Waals surface area contributed by atoms with Crippen molar-refractivity contribution < 1.29 is 13.5 Å². The molecule has 1 aliphatic heterocycles. The minimum Gasteiger partial charge on any atom is -0.508 e. The van der Waals surface area contributed by atoms with Gasteiger partial charge in [-0.15, -0.1) is 0 Å². The first kappa shape index (κ1) is 15.7. The molecule has 126 valence electrons. The monoisotopic (exact) mass is 351 g/mol. The van der Waals surface area contributed by atoms with E-state index >= 15 is 0 Å². The van der Waals surface area contributed by atoms with Crippen LogP contribution >= 0.6 is 0 Å². The second-order valence-corrected chi connectivity index (χ2v) is 7.89. The smallest absolute Gasteiger partial charge is 0.264 e. The molecular weight excluding hydrogens is 334 g/mol. The molecule has 4 nitrogen and oxygen atoms in total. The van der Waals surface area contributed by atoms with E-state index < -0.39 is 10.0 Å². The average Bonchev–Trinajstić information content (AvgIpc) is 2.62. The second kappa shape index (κ2) is 5.63. The summed E-state index contributed by atoms with van der Waals surface area (Å²) in [6.45, 7) is 1.90. The molecule has 1 N–H and O–H groups in total. The van der Waals surface area contributed by atoms with E-state index in [9.17, 15) is 13.5 Å². The minimum absolute atomic E-state index is 0.0383. The number of nitrogens with zero attached hydrogens (tertiary/aromatic N) is 1. The van der Waals surface area contributed by atoms with Gasteiger partial charge in [0.25, 0.3) is 10.0 Å². The highest BCUT2D eigenvalue weighted by Crippen LogP contribution is 2.46. The second-order valence-electron chi connectivity index (χ2n) is 6.08. The number of hydrogen-bond donors (Lipinski definition) is 1. The van der Waals surface area contributed by atoms with E-state index in [1.807, 2.05) is 55.5 Å². The van der Waals surface area contributed by atoms with Crippen molar-refractivity contribution in [1.29, 1.82) is 0 Å². The number of rotatable bonds is 2. The molecule has 0 saturated carbocycles. The number of phenolic OH excluding ortho intramolecular Hbond substituents is 1. The lowest BCUT2D eigenvalue weighted by atomic mass is 9.90. The Balaban J connectivity index is 1.95. The Hall–Kier alpha value is -2.79. The van der Waals surface area contributed by atoms with E-state index in [1.165, 1.54) is 28.6 Å². The molecule has 25 heavy (non-hydrogen) atoms. The minimum atomic E-state index is -3.76. The Kier molecular flexibility index (Phi) is 3.54. The number of para-hydroxylation sites is 1. The SMILES string of the molecule is C[C@@H]1c2ccccc2-c2ccccc2N1S(=O)(=O)c1ccc(O)cc1. The zero-order chi connectivity index (χ0) is 17.6. The quantitative estimate of drug-likeness (QED) is 0.748. The van der Waals surface area contributed by atoms with Gasteiger partial charge < -0.3 is 5.11 Å². The van der Waals surface area contributed by atoms with E-state index in [0.717, 1.165) is 16.7 Å². The Labute approximate surface area is 147 Å². The van der Waals surface area contributed by atoms with Crippen molar-refractivity contribution in [2.45, 2.75) is 17.9 Å². The summed E-state index contributed by atoms with van der Waals surface area (Å²) in [7, 11) is -3.76. The van der Waals surface area contributed by atoms with Gasteiger partial charge >= 0.3 is 0 Å². The summed E-state index contributed by atoms with van der Waals surface area (Å²) in [5.41, 5.74) is 3.60. The van der Waals surface area contributed by atoms with Crippen LogP contribution in [-0.4, -0.2) is 13.5 Å². The molecule has 0 unspecified atom stereocenters. The normalized spacial score (nSPS) is 16.2. The van der Waals surface area contributed by atoms with E-state index in [-0.39, 0.29) is 16.7 Å². The molecule has 0 aliphatic carbocycles. The van der Waals surface area contributed by atoms with Gasteiger partial charge in [0.2, 0.25) is 0 Å². The summed E-state index contributed by atoms with van der Waals surface area (Å²) in [6, 6.07) is 20.7. The third kappa shape index (κ3) is 2.39. The van der Waals surface area contributed by atoms with Gasteiger partial charge in [0, 0.05) is 5.56 Å². The molecule has 5 heteroatoms. The van der Waals surface area contributed by atoms with Gasteiger partial charge in [0.15, 0.2) is 0 Å². The fourth-order valence-corrected chi connectivity index (χ4v) is 5.06. The number of anilines is 1. The highest BCUT2D eigenvalue weighted by Gasteiger charge is 2.36. The van der Waals surface area contributed by atoms with Crippen molar-refractivity contribution in [3.05, 3.63) is 78.4 Å². The van der Waals surface area contributed by atoms with Gasteiger partial charge in [0.1, 0.15) is 5.75 Å². The zero-order valence-electron chi connectivity index (χ0n) is 13.6. The molecule has 4 rings (SSSR count). The number of benzene rings is 3. The lowest BCUT2D eigenvalue weighted by Crippen LogP contribution is -2.36. The van der Waals surface area contributed by atoms with Crippen molar-refractivity contribution in [3.8, 4) is 16.9 Å². The number of hydrogen-bond acceptors (Lipinski definition) is 3. The van der Waals surface area contributed by atoms with E-state index in [1.54, 1.807) is 0 Å². The van der Waals surface area contributed by atoms with E-state index in [2.05, 4.69) is 0 Å². The average molecular weight is 351 g/mol. The Bertz CT molecular complexity index is 1040. The molecule has 1 aliphatic rings. The van der Waals surface area contributed by atoms with Gasteiger partial charge in [0.05, 0.1) is 16.6 Å². The topological polar surface area (TPSA) is 57.6 Å². The van der Waals surface area contributed by atoms with Crippen molar-refractivity contribution in [2.24, 2.45) is 0 Å². The van der Waals surface area contributed by atoms with Crippen LogP contribution in [-0.2, 0) is 10.0 Å². The molecule has 0 aromatic heterocycles. The summed E-state index contributed by atoms with van der Waals surface area (Å²) >= 11 is 0. The first-order valence-electron chi connectivity index (χ1n) is 8.02. The standard InChI is InChI=1S/C20H17NO3S/c1-14-17-6-2-3-7-18(17)19-8-4-5-9-20(19)21(14)25(23,24)16-12-10-15(22)11-13-16/h2-14,22H,1H3/t14-/m1/s1. The van der Waals surface area contributed by atoms with Crippen LogP contribution < -0.4 is 4.31 Å². The maximum absolute atomic E-state index is 13.3. The van der Waals surface area contributed by atoms with Gasteiger partial charge in [-0.05, 0) is 48.4 Å². The van der Waals surface area contributed by atoms with Crippen molar-refractivity contribution >= 4 is 15.7 Å². The molecular formula is C20H17NO3S. The first-order valence-corrected chi connectivity index (χ1v) is 9.46. The molecule has 1 atom stereocenters. The third-order valence-corrected chi connectivity index (χ3v) is 6.49. The van der Waals surface area contributed by atoms with Crippen molar-refractivity contribution in [3.63, 3.8) is 0 Å². The molecule has 0 fully saturated rings. The maximum atomic E-state index is 13.3. The number of sulfonamides is 1. The number of phenols is 1. The predicted octanol–water partition coefficient (Wildman–Crippen LogP) is 4.33. The van der Waals surface area contributed by atoms with Crippen LogP contribution in [0.2, 0.25) is 0 Å². The van der Waals surface area contributed by atoms with Crippen LogP contribution in [0.4, 0.5) is 5.69 Å². The molecule has 0 bridgehead atoms. The summed E-state index contributed by atoms with van der Waals surface area (Å²) in [5.74, 6) is 0.0383. The fraction of sp³-hybridized carbons (Fsp3) is 0.100. The molecule has 0 saturated heterocycles. The molecule has 1 heterocycles. The number of fused-ring (bicyclic) bond motifs is 3. The zero-order valence-corrected chi connectivity index (χ0v) is 14.4. The van der Waals surface area contributed by atoms with Crippen LogP contribution in [0.1, 0.15) is 18.5 Å². The highest BCUT2D eigenvalue weighted by molar-refractivity contribution is 7.92. The molecule has 0 radical (unpaired) electrons. The van der Waals surface area contributed by atoms with Gasteiger partial charge in [-0.25, -0.2) is 8.42 Å². The van der Waals surface area contributed by atoms with Gasteiger partial charge in [-0.3, -0.25) is 4.31 Å². The van der Waals surface area contributed by atoms with Gasteiger partial charge in [-0.1, -0.05) is 42.5 Å². The van der Waals surface area contributed by atoms with Crippen LogP contribution in [0.15, 0.2) is 77.7 Å². The molecule has 0 amide bonds. The summed E-state index contributed by atoms with van der Waals surface area (Å²) < 4.78 is 28.1.